The molecule has 1 atom stereocenters. The minimum absolute atomic E-state index is 4.04. The van der Waals surface area contributed by atoms with Crippen LogP contribution in [0.15, 0.2) is 0 Å². The molecule has 0 aliphatic heterocycles. The molecule has 0 amide bonds. The molecule has 15 heavy (non-hydrogen) atoms. The smallest absolute Gasteiger partial charge is 0.254 e. The van der Waals surface area contributed by atoms with E-state index < -0.39 is 30.2 Å². The molecule has 0 aliphatic rings. The second-order valence-electron chi connectivity index (χ2n) is 2.38. The molecule has 1 nitrogen and oxygen atoms in total. The molecule has 0 rings (SSSR count). The van der Waals surface area contributed by atoms with Gasteiger partial charge in [-0.15, -0.1) is 0 Å². The van der Waals surface area contributed by atoms with E-state index in [0.717, 1.165) is 0 Å². The third-order valence-electron chi connectivity index (χ3n) is 1.27. The molecule has 0 aromatic heterocycles. The maximum Gasteiger partial charge on any atom is 0.425 e. The Morgan fingerprint density at radius 1 is 0.933 bits per heavy atom. The number of hydrogen-bond acceptors (Lipinski definition) is 1. The maximum absolute atomic E-state index is 12.0. The Morgan fingerprint density at radius 2 is 1.27 bits per heavy atom. The van der Waals surface area contributed by atoms with Crippen LogP contribution >= 0.6 is 0 Å². The van der Waals surface area contributed by atoms with Crippen molar-refractivity contribution in [2.75, 3.05) is 0 Å². The van der Waals surface area contributed by atoms with Gasteiger partial charge in [0, 0.05) is 0 Å². The lowest BCUT2D eigenvalue weighted by molar-refractivity contribution is -0.299. The number of alkyl halides is 8. The lowest BCUT2D eigenvalue weighted by Crippen LogP contribution is -2.56. The Kier molecular flexibility index (Phi) is 3.33. The van der Waals surface area contributed by atoms with Crippen LogP contribution in [-0.4, -0.2) is 30.2 Å². The number of carbonyl (C=O) groups is 1. The van der Waals surface area contributed by atoms with Crippen molar-refractivity contribution in [2.24, 2.45) is 0 Å². The van der Waals surface area contributed by atoms with E-state index in [1.54, 1.807) is 0 Å². The van der Waals surface area contributed by atoms with E-state index in [2.05, 4.69) is 0 Å². The van der Waals surface area contributed by atoms with Crippen molar-refractivity contribution in [3.05, 3.63) is 0 Å². The Bertz CT molecular complexity index is 254. The quantitative estimate of drug-likeness (QED) is 0.554. The lowest BCUT2D eigenvalue weighted by atomic mass is 10.1. The summed E-state index contributed by atoms with van der Waals surface area (Å²) in [4.78, 5) is 9.31. The zero-order valence-electron chi connectivity index (χ0n) is 6.39. The molecule has 0 radical (unpaired) electrons. The Hall–Kier alpha value is -0.960. The molecule has 0 bridgehead atoms. The van der Waals surface area contributed by atoms with Gasteiger partial charge in [0.25, 0.3) is 6.17 Å². The average Bonchev–Trinajstić information content (AvgIpc) is 2.00. The largest absolute Gasteiger partial charge is 0.425 e. The third-order valence-corrected chi connectivity index (χ3v) is 1.27. The second kappa shape index (κ2) is 3.56. The predicted octanol–water partition coefficient (Wildman–Crippen LogP) is 2.65. The van der Waals surface area contributed by atoms with Crippen LogP contribution in [0.3, 0.4) is 0 Å². The van der Waals surface area contributed by atoms with Gasteiger partial charge >= 0.3 is 24.1 Å². The fraction of sp³-hybridized carbons (Fsp3) is 0.800. The van der Waals surface area contributed by atoms with Crippen molar-refractivity contribution in [1.82, 2.24) is 0 Å². The summed E-state index contributed by atoms with van der Waals surface area (Å²) < 4.78 is 105. The van der Waals surface area contributed by atoms with Gasteiger partial charge < -0.3 is 0 Å². The van der Waals surface area contributed by atoms with Crippen LogP contribution < -0.4 is 0 Å². The van der Waals surface area contributed by atoms with Gasteiger partial charge in [0.15, 0.2) is 0 Å². The van der Waals surface area contributed by atoms with Gasteiger partial charge in [0.1, 0.15) is 0 Å². The van der Waals surface area contributed by atoms with E-state index in [1.165, 1.54) is 0 Å². The van der Waals surface area contributed by atoms with Gasteiger partial charge in [-0.2, -0.15) is 35.1 Å². The number of rotatable bonds is 3. The zero-order chi connectivity index (χ0) is 12.7. The minimum atomic E-state index is -6.49. The summed E-state index contributed by atoms with van der Waals surface area (Å²) in [5, 5.41) is 0. The van der Waals surface area contributed by atoms with Crippen molar-refractivity contribution < 1.29 is 44.3 Å². The second-order valence-corrected chi connectivity index (χ2v) is 2.38. The molecule has 0 saturated heterocycles. The summed E-state index contributed by atoms with van der Waals surface area (Å²) in [6.45, 7) is 0. The van der Waals surface area contributed by atoms with Gasteiger partial charge in [-0.3, -0.25) is 4.79 Å². The molecule has 0 N–H and O–H groups in total. The lowest BCUT2D eigenvalue weighted by Gasteiger charge is -2.26. The van der Waals surface area contributed by atoms with E-state index in [9.17, 15) is 44.3 Å². The highest BCUT2D eigenvalue weighted by atomic mass is 19.4. The van der Waals surface area contributed by atoms with Crippen molar-refractivity contribution in [1.29, 1.82) is 0 Å². The summed E-state index contributed by atoms with van der Waals surface area (Å²) in [5.41, 5.74) is 0. The first-order chi connectivity index (χ1) is 6.35. The number of halogens is 9. The highest BCUT2D eigenvalue weighted by Gasteiger charge is 2.73. The average molecular weight is 248 g/mol. The van der Waals surface area contributed by atoms with Crippen molar-refractivity contribution in [2.45, 2.75) is 24.2 Å². The van der Waals surface area contributed by atoms with E-state index >= 15 is 0 Å². The van der Waals surface area contributed by atoms with Gasteiger partial charge in [-0.25, -0.2) is 4.39 Å². The molecular formula is C5HF9O. The normalized spacial score (nSPS) is 16.3. The fourth-order valence-corrected chi connectivity index (χ4v) is 0.496. The SMILES string of the molecule is O=C(F)C(F)(F)C(F)(F)C(F)C(F)(F)F. The highest BCUT2D eigenvalue weighted by Crippen LogP contribution is 2.44. The fourth-order valence-electron chi connectivity index (χ4n) is 0.496. The van der Waals surface area contributed by atoms with E-state index in [-0.39, 0.29) is 0 Å². The van der Waals surface area contributed by atoms with Crippen LogP contribution in [-0.2, 0) is 4.79 Å². The summed E-state index contributed by atoms with van der Waals surface area (Å²) in [7, 11) is 0. The van der Waals surface area contributed by atoms with Crippen LogP contribution in [0.2, 0.25) is 0 Å². The summed E-state index contributed by atoms with van der Waals surface area (Å²) >= 11 is 0. The van der Waals surface area contributed by atoms with E-state index in [1.807, 2.05) is 0 Å². The number of carbonyl (C=O) groups excluding carboxylic acids is 1. The first-order valence-corrected chi connectivity index (χ1v) is 3.01. The summed E-state index contributed by atoms with van der Waals surface area (Å²) in [6, 6.07) is -4.04. The van der Waals surface area contributed by atoms with E-state index in [0.29, 0.717) is 0 Å². The molecule has 1 unspecified atom stereocenters. The van der Waals surface area contributed by atoms with Gasteiger partial charge in [-0.1, -0.05) is 0 Å². The summed E-state index contributed by atoms with van der Waals surface area (Å²) in [5.74, 6) is -12.8. The molecule has 0 heterocycles. The standard InChI is InChI=1S/C5HF9O/c6-1(5(12,13)14)3(8,9)4(10,11)2(7)15/h1H. The molecular weight excluding hydrogens is 247 g/mol. The van der Waals surface area contributed by atoms with Crippen molar-refractivity contribution in [3.8, 4) is 0 Å². The Balaban J connectivity index is 5.23. The van der Waals surface area contributed by atoms with Crippen molar-refractivity contribution in [3.63, 3.8) is 0 Å². The maximum atomic E-state index is 12.0. The third kappa shape index (κ3) is 2.34. The Morgan fingerprint density at radius 3 is 1.47 bits per heavy atom. The van der Waals surface area contributed by atoms with Gasteiger partial charge in [0.05, 0.1) is 0 Å². The number of hydrogen-bond donors (Lipinski definition) is 0. The molecule has 90 valence electrons. The minimum Gasteiger partial charge on any atom is -0.254 e. The first-order valence-electron chi connectivity index (χ1n) is 3.01. The zero-order valence-corrected chi connectivity index (χ0v) is 6.39. The summed E-state index contributed by atoms with van der Waals surface area (Å²) in [6.07, 6.45) is -11.7. The topological polar surface area (TPSA) is 17.1 Å². The molecule has 0 aliphatic carbocycles. The van der Waals surface area contributed by atoms with Gasteiger partial charge in [-0.05, 0) is 0 Å². The van der Waals surface area contributed by atoms with Crippen LogP contribution in [0.4, 0.5) is 39.5 Å². The molecule has 0 aromatic rings. The molecule has 0 aromatic carbocycles. The van der Waals surface area contributed by atoms with E-state index in [4.69, 9.17) is 0 Å². The molecule has 10 heteroatoms. The molecule has 0 fully saturated rings. The predicted molar refractivity (Wildman–Crippen MR) is 27.0 cm³/mol. The Labute approximate surface area is 75.9 Å². The van der Waals surface area contributed by atoms with Gasteiger partial charge in [0.2, 0.25) is 0 Å². The van der Waals surface area contributed by atoms with Crippen LogP contribution in [0.1, 0.15) is 0 Å². The van der Waals surface area contributed by atoms with Crippen LogP contribution in [0.5, 0.6) is 0 Å². The van der Waals surface area contributed by atoms with Crippen LogP contribution in [0, 0.1) is 0 Å². The highest BCUT2D eigenvalue weighted by molar-refractivity contribution is 5.77. The molecule has 0 saturated carbocycles. The van der Waals surface area contributed by atoms with Crippen LogP contribution in [0.25, 0.3) is 0 Å². The molecule has 0 spiro atoms. The monoisotopic (exact) mass is 248 g/mol. The first kappa shape index (κ1) is 14.0. The van der Waals surface area contributed by atoms with Crippen molar-refractivity contribution >= 4 is 6.04 Å².